The number of amides is 1. The summed E-state index contributed by atoms with van der Waals surface area (Å²) in [5.41, 5.74) is 0.731. The molecule has 0 aliphatic heterocycles. The first-order valence-electron chi connectivity index (χ1n) is 8.29. The van der Waals surface area contributed by atoms with E-state index in [1.54, 1.807) is 4.90 Å². The first kappa shape index (κ1) is 19.7. The number of nitrogens with zero attached hydrogens (tertiary/aromatic N) is 1. The minimum Gasteiger partial charge on any atom is -0.468 e. The maximum atomic E-state index is 12.6. The smallest absolute Gasteiger partial charge is 0.410 e. The van der Waals surface area contributed by atoms with E-state index in [0.717, 1.165) is 18.4 Å². The van der Waals surface area contributed by atoms with Gasteiger partial charge in [0.25, 0.3) is 0 Å². The molecule has 1 amide bonds. The van der Waals surface area contributed by atoms with Crippen molar-refractivity contribution in [2.45, 2.75) is 32.8 Å². The van der Waals surface area contributed by atoms with Crippen molar-refractivity contribution in [3.8, 4) is 0 Å². The molecule has 0 N–H and O–H groups in total. The first-order chi connectivity index (χ1) is 11.6. The summed E-state index contributed by atoms with van der Waals surface area (Å²) in [6, 6.07) is 9.18. The van der Waals surface area contributed by atoms with Crippen molar-refractivity contribution < 1.29 is 19.1 Å². The molecule has 0 unspecified atom stereocenters. The first-order valence-corrected chi connectivity index (χ1v) is 8.29. The topological polar surface area (TPSA) is 55.8 Å². The third-order valence-corrected chi connectivity index (χ3v) is 3.65. The average Bonchev–Trinajstić information content (AvgIpc) is 2.61. The zero-order chi connectivity index (χ0) is 17.9. The molecule has 1 aromatic carbocycles. The van der Waals surface area contributed by atoms with Gasteiger partial charge in [-0.05, 0) is 18.4 Å². The minimum absolute atomic E-state index is 0.427. The van der Waals surface area contributed by atoms with Crippen LogP contribution in [-0.2, 0) is 14.3 Å². The largest absolute Gasteiger partial charge is 0.468 e. The van der Waals surface area contributed by atoms with Crippen LogP contribution in [0.15, 0.2) is 43.0 Å². The number of hydrogen-bond donors (Lipinski definition) is 0. The van der Waals surface area contributed by atoms with E-state index in [0.29, 0.717) is 13.1 Å². The minimum atomic E-state index is -0.764. The van der Waals surface area contributed by atoms with Gasteiger partial charge in [0.2, 0.25) is 0 Å². The van der Waals surface area contributed by atoms with Crippen LogP contribution in [0.4, 0.5) is 4.79 Å². The second-order valence-corrected chi connectivity index (χ2v) is 5.49. The van der Waals surface area contributed by atoms with Crippen LogP contribution in [0.2, 0.25) is 0 Å². The molecule has 5 nitrogen and oxygen atoms in total. The number of hydrogen-bond acceptors (Lipinski definition) is 4. The molecular formula is C19H27NO4. The highest BCUT2D eigenvalue weighted by Gasteiger charge is 2.32. The summed E-state index contributed by atoms with van der Waals surface area (Å²) >= 11 is 0. The van der Waals surface area contributed by atoms with Crippen LogP contribution in [0.25, 0.3) is 0 Å². The molecule has 0 bridgehead atoms. The summed E-state index contributed by atoms with van der Waals surface area (Å²) in [5, 5.41) is 0. The lowest BCUT2D eigenvalue weighted by atomic mass is 9.95. The number of ether oxygens (including phenoxy) is 2. The normalized spacial score (nSPS) is 12.8. The van der Waals surface area contributed by atoms with Crippen LogP contribution in [-0.4, -0.2) is 37.2 Å². The van der Waals surface area contributed by atoms with Gasteiger partial charge in [0.15, 0.2) is 0 Å². The fourth-order valence-corrected chi connectivity index (χ4v) is 2.49. The summed E-state index contributed by atoms with van der Waals surface area (Å²) in [6.45, 7) is 8.94. The van der Waals surface area contributed by atoms with E-state index in [1.807, 2.05) is 44.2 Å². The predicted molar refractivity (Wildman–Crippen MR) is 93.5 cm³/mol. The molecule has 0 spiro atoms. The van der Waals surface area contributed by atoms with Crippen molar-refractivity contribution in [2.75, 3.05) is 20.2 Å². The predicted octanol–water partition coefficient (Wildman–Crippen LogP) is 3.96. The average molecular weight is 333 g/mol. The van der Waals surface area contributed by atoms with E-state index < -0.39 is 24.1 Å². The number of carbonyl (C=O) groups is 2. The van der Waals surface area contributed by atoms with Crippen LogP contribution in [0, 0.1) is 5.92 Å². The van der Waals surface area contributed by atoms with E-state index in [9.17, 15) is 9.59 Å². The lowest BCUT2D eigenvalue weighted by Crippen LogP contribution is -2.36. The Kier molecular flexibility index (Phi) is 8.61. The molecule has 1 aromatic rings. The van der Waals surface area contributed by atoms with Crippen LogP contribution in [0.1, 0.15) is 38.4 Å². The highest BCUT2D eigenvalue weighted by Crippen LogP contribution is 2.29. The van der Waals surface area contributed by atoms with Crippen molar-refractivity contribution in [1.82, 2.24) is 4.90 Å². The molecule has 2 atom stereocenters. The molecule has 0 saturated heterocycles. The fraction of sp³-hybridized carbons (Fsp3) is 0.474. The van der Waals surface area contributed by atoms with Gasteiger partial charge in [0.1, 0.15) is 12.0 Å². The highest BCUT2D eigenvalue weighted by molar-refractivity contribution is 5.76. The van der Waals surface area contributed by atoms with Crippen LogP contribution in [0.3, 0.4) is 0 Å². The Morgan fingerprint density at radius 1 is 1.17 bits per heavy atom. The number of methoxy groups -OCH3 is 1. The Labute approximate surface area is 144 Å². The van der Waals surface area contributed by atoms with Crippen LogP contribution in [0.5, 0.6) is 0 Å². The van der Waals surface area contributed by atoms with Gasteiger partial charge in [-0.2, -0.15) is 0 Å². The van der Waals surface area contributed by atoms with Gasteiger partial charge in [-0.1, -0.05) is 50.3 Å². The molecule has 132 valence electrons. The Bertz CT molecular complexity index is 523. The standard InChI is InChI=1S/C19H27NO4/c1-5-13-20(14-6-2)19(22)24-17(15-11-9-8-10-12-15)16(7-3)18(21)23-4/h7-12,16-17H,3,5-6,13-14H2,1-2,4H3/t16-,17+/m0/s1. The third kappa shape index (κ3) is 5.41. The third-order valence-electron chi connectivity index (χ3n) is 3.65. The Morgan fingerprint density at radius 2 is 1.75 bits per heavy atom. The molecule has 1 rings (SSSR count). The van der Waals surface area contributed by atoms with E-state index in [2.05, 4.69) is 6.58 Å². The van der Waals surface area contributed by atoms with Crippen molar-refractivity contribution in [2.24, 2.45) is 5.92 Å². The van der Waals surface area contributed by atoms with E-state index in [-0.39, 0.29) is 0 Å². The second kappa shape index (κ2) is 10.5. The summed E-state index contributed by atoms with van der Waals surface area (Å²) in [5.74, 6) is -1.24. The van der Waals surface area contributed by atoms with Gasteiger partial charge in [-0.25, -0.2) is 4.79 Å². The maximum Gasteiger partial charge on any atom is 0.410 e. The van der Waals surface area contributed by atoms with Crippen LogP contribution >= 0.6 is 0 Å². The zero-order valence-electron chi connectivity index (χ0n) is 14.7. The zero-order valence-corrected chi connectivity index (χ0v) is 14.7. The molecule has 5 heteroatoms. The van der Waals surface area contributed by atoms with Gasteiger partial charge in [-0.15, -0.1) is 6.58 Å². The van der Waals surface area contributed by atoms with Crippen molar-refractivity contribution >= 4 is 12.1 Å². The van der Waals surface area contributed by atoms with Gasteiger partial charge < -0.3 is 14.4 Å². The van der Waals surface area contributed by atoms with Gasteiger partial charge in [-0.3, -0.25) is 4.79 Å². The van der Waals surface area contributed by atoms with Gasteiger partial charge in [0.05, 0.1) is 7.11 Å². The Hall–Kier alpha value is -2.30. The van der Waals surface area contributed by atoms with Crippen molar-refractivity contribution in [3.05, 3.63) is 48.6 Å². The summed E-state index contributed by atoms with van der Waals surface area (Å²) in [6.07, 6.45) is 1.95. The second-order valence-electron chi connectivity index (χ2n) is 5.49. The summed E-state index contributed by atoms with van der Waals surface area (Å²) < 4.78 is 10.5. The quantitative estimate of drug-likeness (QED) is 0.507. The maximum absolute atomic E-state index is 12.6. The molecule has 0 aliphatic rings. The molecule has 0 heterocycles. The number of carbonyl (C=O) groups excluding carboxylic acids is 2. The van der Waals surface area contributed by atoms with E-state index >= 15 is 0 Å². The van der Waals surface area contributed by atoms with E-state index in [4.69, 9.17) is 9.47 Å². The van der Waals surface area contributed by atoms with E-state index in [1.165, 1.54) is 13.2 Å². The van der Waals surface area contributed by atoms with Crippen molar-refractivity contribution in [3.63, 3.8) is 0 Å². The molecule has 0 fully saturated rings. The molecule has 0 radical (unpaired) electrons. The SMILES string of the molecule is C=C[C@H](C(=O)OC)[C@H](OC(=O)N(CCC)CCC)c1ccccc1. The van der Waals surface area contributed by atoms with Gasteiger partial charge in [0, 0.05) is 13.1 Å². The summed E-state index contributed by atoms with van der Waals surface area (Å²) in [7, 11) is 1.31. The number of benzene rings is 1. The Morgan fingerprint density at radius 3 is 2.21 bits per heavy atom. The number of esters is 1. The molecule has 24 heavy (non-hydrogen) atoms. The molecule has 0 saturated carbocycles. The lowest BCUT2D eigenvalue weighted by molar-refractivity contribution is -0.147. The molecular weight excluding hydrogens is 306 g/mol. The Balaban J connectivity index is 3.07. The lowest BCUT2D eigenvalue weighted by Gasteiger charge is -2.28. The van der Waals surface area contributed by atoms with Gasteiger partial charge >= 0.3 is 12.1 Å². The van der Waals surface area contributed by atoms with Crippen LogP contribution < -0.4 is 0 Å². The summed E-state index contributed by atoms with van der Waals surface area (Å²) in [4.78, 5) is 26.3. The highest BCUT2D eigenvalue weighted by atomic mass is 16.6. The monoisotopic (exact) mass is 333 g/mol. The molecule has 0 aliphatic carbocycles. The molecule has 0 aromatic heterocycles. The number of rotatable bonds is 9. The fourth-order valence-electron chi connectivity index (χ4n) is 2.49. The van der Waals surface area contributed by atoms with Crippen molar-refractivity contribution in [1.29, 1.82) is 0 Å².